The highest BCUT2D eigenvalue weighted by molar-refractivity contribution is 7.21. The summed E-state index contributed by atoms with van der Waals surface area (Å²) in [7, 11) is 0. The number of hydrogen-bond donors (Lipinski definition) is 0. The lowest BCUT2D eigenvalue weighted by atomic mass is 9.92. The van der Waals surface area contributed by atoms with Crippen molar-refractivity contribution in [1.29, 1.82) is 0 Å². The van der Waals surface area contributed by atoms with Crippen LogP contribution in [0.25, 0.3) is 86.9 Å². The molecule has 2 nitrogen and oxygen atoms in total. The Morgan fingerprint density at radius 2 is 1.20 bits per heavy atom. The first-order chi connectivity index (χ1) is 22.8. The molecule has 46 heavy (non-hydrogen) atoms. The minimum Gasteiger partial charge on any atom is -0.310 e. The molecule has 10 rings (SSSR count). The second kappa shape index (κ2) is 10.00. The zero-order valence-electron chi connectivity index (χ0n) is 25.1. The third-order valence-corrected chi connectivity index (χ3v) is 10.7. The average Bonchev–Trinajstić information content (AvgIpc) is 3.69. The molecular weight excluding hydrogens is 577 g/mol. The lowest BCUT2D eigenvalue weighted by Gasteiger charge is -2.14. The van der Waals surface area contributed by atoms with E-state index in [0.717, 1.165) is 23.4 Å². The number of allylic oxidation sites excluding steroid dienone is 1. The van der Waals surface area contributed by atoms with Crippen LogP contribution in [0.4, 0.5) is 0 Å². The number of thiazole rings is 1. The van der Waals surface area contributed by atoms with Crippen molar-refractivity contribution in [2.75, 3.05) is 0 Å². The smallest absolute Gasteiger partial charge is 0.124 e. The van der Waals surface area contributed by atoms with Crippen LogP contribution in [0.3, 0.4) is 0 Å². The van der Waals surface area contributed by atoms with Crippen molar-refractivity contribution >= 4 is 70.8 Å². The Hall–Kier alpha value is -5.51. The molecule has 0 bridgehead atoms. The molecule has 2 heterocycles. The first-order valence-corrected chi connectivity index (χ1v) is 16.8. The van der Waals surface area contributed by atoms with Crippen LogP contribution >= 0.6 is 11.3 Å². The molecule has 0 spiro atoms. The van der Waals surface area contributed by atoms with Crippen LogP contribution in [0.5, 0.6) is 0 Å². The first-order valence-electron chi connectivity index (χ1n) is 15.9. The molecule has 9 aromatic rings. The lowest BCUT2D eigenvalue weighted by molar-refractivity contribution is 0.968. The first kappa shape index (κ1) is 25.8. The maximum atomic E-state index is 5.08. The lowest BCUT2D eigenvalue weighted by Crippen LogP contribution is -2.00. The van der Waals surface area contributed by atoms with Crippen LogP contribution in [0, 0.1) is 0 Å². The molecule has 0 saturated heterocycles. The van der Waals surface area contributed by atoms with Crippen molar-refractivity contribution in [3.63, 3.8) is 0 Å². The molecule has 3 heteroatoms. The summed E-state index contributed by atoms with van der Waals surface area (Å²) >= 11 is 1.78. The largest absolute Gasteiger partial charge is 0.310 e. The Kier molecular flexibility index (Phi) is 5.60. The van der Waals surface area contributed by atoms with Crippen molar-refractivity contribution in [2.24, 2.45) is 0 Å². The van der Waals surface area contributed by atoms with Gasteiger partial charge in [-0.25, -0.2) is 4.98 Å². The van der Waals surface area contributed by atoms with Gasteiger partial charge in [-0.2, -0.15) is 0 Å². The molecule has 216 valence electrons. The van der Waals surface area contributed by atoms with Gasteiger partial charge in [-0.15, -0.1) is 11.3 Å². The van der Waals surface area contributed by atoms with Gasteiger partial charge in [0, 0.05) is 22.3 Å². The van der Waals surface area contributed by atoms with E-state index in [0.29, 0.717) is 0 Å². The fourth-order valence-electron chi connectivity index (χ4n) is 7.53. The zero-order chi connectivity index (χ0) is 30.2. The molecule has 2 aromatic heterocycles. The van der Waals surface area contributed by atoms with Gasteiger partial charge in [0.25, 0.3) is 0 Å². The fourth-order valence-corrected chi connectivity index (χ4v) is 8.52. The maximum Gasteiger partial charge on any atom is 0.124 e. The minimum atomic E-state index is 1.06. The van der Waals surface area contributed by atoms with Crippen molar-refractivity contribution < 1.29 is 0 Å². The van der Waals surface area contributed by atoms with Crippen LogP contribution in [-0.4, -0.2) is 9.55 Å². The molecule has 0 amide bonds. The Morgan fingerprint density at radius 1 is 0.543 bits per heavy atom. The molecule has 0 aliphatic heterocycles. The van der Waals surface area contributed by atoms with E-state index < -0.39 is 0 Å². The number of aromatic nitrogens is 2. The predicted octanol–water partition coefficient (Wildman–Crippen LogP) is 12.0. The number of rotatable bonds is 3. The Morgan fingerprint density at radius 3 is 1.93 bits per heavy atom. The monoisotopic (exact) mass is 604 g/mol. The summed E-state index contributed by atoms with van der Waals surface area (Å²) in [4.78, 5) is 5.08. The van der Waals surface area contributed by atoms with Crippen LogP contribution in [0.2, 0.25) is 0 Å². The van der Waals surface area contributed by atoms with Gasteiger partial charge in [-0.1, -0.05) is 109 Å². The molecule has 7 aromatic carbocycles. The van der Waals surface area contributed by atoms with E-state index in [1.54, 1.807) is 11.3 Å². The van der Waals surface area contributed by atoms with E-state index >= 15 is 0 Å². The van der Waals surface area contributed by atoms with Gasteiger partial charge < -0.3 is 4.57 Å². The highest BCUT2D eigenvalue weighted by atomic mass is 32.1. The molecule has 0 fully saturated rings. The number of nitrogens with zero attached hydrogens (tertiary/aromatic N) is 2. The third kappa shape index (κ3) is 3.85. The number of fused-ring (bicyclic) bond motifs is 10. The summed E-state index contributed by atoms with van der Waals surface area (Å²) in [6.45, 7) is 0. The van der Waals surface area contributed by atoms with Gasteiger partial charge in [0.2, 0.25) is 0 Å². The fraction of sp³-hybridized carbons (Fsp3) is 0.0465. The SMILES string of the molecule is C1=Cc2c(c3cc4sc(-c5ccccc5)nc4cc3n2-c2ccc(-c3ccc4c5ccccc5c5ccccc5c4c3)cc2)CC1. The van der Waals surface area contributed by atoms with Gasteiger partial charge >= 0.3 is 0 Å². The molecule has 0 atom stereocenters. The van der Waals surface area contributed by atoms with E-state index in [1.807, 2.05) is 0 Å². The van der Waals surface area contributed by atoms with Gasteiger partial charge in [0.1, 0.15) is 5.01 Å². The van der Waals surface area contributed by atoms with Crippen molar-refractivity contribution in [1.82, 2.24) is 9.55 Å². The highest BCUT2D eigenvalue weighted by Gasteiger charge is 2.20. The third-order valence-electron chi connectivity index (χ3n) is 9.68. The van der Waals surface area contributed by atoms with Gasteiger partial charge in [0.05, 0.1) is 15.7 Å². The molecule has 1 aliphatic rings. The minimum absolute atomic E-state index is 1.06. The summed E-state index contributed by atoms with van der Waals surface area (Å²) in [5.41, 5.74) is 9.82. The van der Waals surface area contributed by atoms with E-state index in [-0.39, 0.29) is 0 Å². The number of benzene rings is 7. The Balaban J connectivity index is 1.11. The van der Waals surface area contributed by atoms with Crippen LogP contribution in [-0.2, 0) is 6.42 Å². The summed E-state index contributed by atoms with van der Waals surface area (Å²) in [5.74, 6) is 0. The quantitative estimate of drug-likeness (QED) is 0.183. The second-order valence-corrected chi connectivity index (χ2v) is 13.3. The molecule has 0 unspecified atom stereocenters. The Labute approximate surface area is 270 Å². The molecule has 0 radical (unpaired) electrons. The predicted molar refractivity (Wildman–Crippen MR) is 197 cm³/mol. The van der Waals surface area contributed by atoms with Crippen molar-refractivity contribution in [2.45, 2.75) is 12.8 Å². The summed E-state index contributed by atoms with van der Waals surface area (Å²) in [6.07, 6.45) is 6.75. The Bertz CT molecular complexity index is 2640. The summed E-state index contributed by atoms with van der Waals surface area (Å²) in [6, 6.07) is 48.8. The standard InChI is InChI=1S/C43H28N2S/c1-2-10-28(11-3-1)43-44-39-26-41-38(25-42(39)46-43)36-16-8-9-17-40(36)45(41)30-21-18-27(19-22-30)29-20-23-35-33-14-5-4-12-31(33)32-13-6-7-15-34(32)37(35)24-29/h1-7,9-15,17-26H,8,16H2. The average molecular weight is 605 g/mol. The van der Waals surface area contributed by atoms with Crippen molar-refractivity contribution in [3.8, 4) is 27.4 Å². The number of hydrogen-bond acceptors (Lipinski definition) is 2. The van der Waals surface area contributed by atoms with Crippen LogP contribution in [0.1, 0.15) is 17.7 Å². The molecule has 0 N–H and O–H groups in total. The normalized spacial score (nSPS) is 13.0. The highest BCUT2D eigenvalue weighted by Crippen LogP contribution is 2.40. The van der Waals surface area contributed by atoms with E-state index in [2.05, 4.69) is 150 Å². The summed E-state index contributed by atoms with van der Waals surface area (Å²) in [5, 5.41) is 10.2. The van der Waals surface area contributed by atoms with E-state index in [9.17, 15) is 0 Å². The van der Waals surface area contributed by atoms with Crippen LogP contribution in [0.15, 0.2) is 140 Å². The van der Waals surface area contributed by atoms with Crippen LogP contribution < -0.4 is 0 Å². The van der Waals surface area contributed by atoms with E-state index in [4.69, 9.17) is 4.98 Å². The molecule has 1 aliphatic carbocycles. The molecule has 0 saturated carbocycles. The van der Waals surface area contributed by atoms with E-state index in [1.165, 1.54) is 81.6 Å². The van der Waals surface area contributed by atoms with Gasteiger partial charge in [-0.3, -0.25) is 0 Å². The van der Waals surface area contributed by atoms with Gasteiger partial charge in [0.15, 0.2) is 0 Å². The summed E-state index contributed by atoms with van der Waals surface area (Å²) < 4.78 is 3.68. The van der Waals surface area contributed by atoms with Crippen molar-refractivity contribution in [3.05, 3.63) is 151 Å². The zero-order valence-corrected chi connectivity index (χ0v) is 25.9. The topological polar surface area (TPSA) is 17.8 Å². The second-order valence-electron chi connectivity index (χ2n) is 12.3. The molecular formula is C43H28N2S. The maximum absolute atomic E-state index is 5.08. The number of aryl methyl sites for hydroxylation is 1. The van der Waals surface area contributed by atoms with Gasteiger partial charge in [-0.05, 0) is 98.3 Å².